The van der Waals surface area contributed by atoms with Gasteiger partial charge in [-0.25, -0.2) is 4.79 Å². The van der Waals surface area contributed by atoms with Crippen molar-refractivity contribution in [2.45, 2.75) is 6.61 Å². The van der Waals surface area contributed by atoms with Crippen LogP contribution in [0.1, 0.15) is 16.1 Å². The van der Waals surface area contributed by atoms with E-state index in [1.54, 1.807) is 24.4 Å². The molecule has 0 saturated carbocycles. The van der Waals surface area contributed by atoms with E-state index in [0.29, 0.717) is 16.4 Å². The molecule has 0 aliphatic rings. The highest BCUT2D eigenvalue weighted by molar-refractivity contribution is 9.10. The van der Waals surface area contributed by atoms with Crippen LogP contribution in [0.3, 0.4) is 0 Å². The maximum atomic E-state index is 11.9. The van der Waals surface area contributed by atoms with Gasteiger partial charge < -0.3 is 10.5 Å². The summed E-state index contributed by atoms with van der Waals surface area (Å²) in [6.45, 7) is 0.0806. The van der Waals surface area contributed by atoms with E-state index in [2.05, 4.69) is 20.9 Å². The predicted molar refractivity (Wildman–Crippen MR) is 76.9 cm³/mol. The van der Waals surface area contributed by atoms with Crippen LogP contribution in [-0.2, 0) is 11.3 Å². The number of nitrogens with zero attached hydrogens (tertiary/aromatic N) is 1. The minimum absolute atomic E-state index is 0.0806. The molecule has 4 nitrogen and oxygen atoms in total. The lowest BCUT2D eigenvalue weighted by atomic mass is 10.2. The van der Waals surface area contributed by atoms with Gasteiger partial charge in [0.15, 0.2) is 0 Å². The Morgan fingerprint density at radius 1 is 1.37 bits per heavy atom. The summed E-state index contributed by atoms with van der Waals surface area (Å²) >= 11 is 9.19. The molecule has 2 rings (SSSR count). The highest BCUT2D eigenvalue weighted by atomic mass is 79.9. The molecular formula is C13H10BrClN2O2. The molecule has 19 heavy (non-hydrogen) atoms. The van der Waals surface area contributed by atoms with Crippen molar-refractivity contribution in [2.75, 3.05) is 5.73 Å². The first-order chi connectivity index (χ1) is 9.06. The molecule has 2 N–H and O–H groups in total. The number of halogens is 2. The quantitative estimate of drug-likeness (QED) is 0.686. The first-order valence-electron chi connectivity index (χ1n) is 5.39. The van der Waals surface area contributed by atoms with Crippen molar-refractivity contribution in [3.8, 4) is 0 Å². The van der Waals surface area contributed by atoms with Gasteiger partial charge in [-0.1, -0.05) is 11.6 Å². The van der Waals surface area contributed by atoms with E-state index in [9.17, 15) is 4.79 Å². The molecule has 0 atom stereocenters. The van der Waals surface area contributed by atoms with Crippen LogP contribution in [0.25, 0.3) is 0 Å². The number of aromatic nitrogens is 1. The van der Waals surface area contributed by atoms with Crippen molar-refractivity contribution in [2.24, 2.45) is 0 Å². The zero-order chi connectivity index (χ0) is 13.8. The van der Waals surface area contributed by atoms with Gasteiger partial charge in [0, 0.05) is 16.4 Å². The van der Waals surface area contributed by atoms with E-state index in [1.165, 1.54) is 6.07 Å². The predicted octanol–water partition coefficient (Wildman–Crippen LogP) is 3.44. The summed E-state index contributed by atoms with van der Waals surface area (Å²) in [6, 6.07) is 8.25. The lowest BCUT2D eigenvalue weighted by Gasteiger charge is -2.06. The third-order valence-electron chi connectivity index (χ3n) is 2.35. The molecule has 1 aromatic carbocycles. The Hall–Kier alpha value is -1.59. The monoisotopic (exact) mass is 340 g/mol. The molecule has 0 fully saturated rings. The fourth-order valence-corrected chi connectivity index (χ4v) is 1.84. The fourth-order valence-electron chi connectivity index (χ4n) is 1.41. The Kier molecular flexibility index (Phi) is 4.39. The Morgan fingerprint density at radius 2 is 2.16 bits per heavy atom. The van der Waals surface area contributed by atoms with Crippen LogP contribution >= 0.6 is 27.5 Å². The van der Waals surface area contributed by atoms with Gasteiger partial charge in [0.25, 0.3) is 0 Å². The second-order valence-electron chi connectivity index (χ2n) is 3.78. The second-order valence-corrected chi connectivity index (χ2v) is 5.11. The van der Waals surface area contributed by atoms with Gasteiger partial charge in [-0.15, -0.1) is 0 Å². The molecule has 0 radical (unpaired) electrons. The summed E-state index contributed by atoms with van der Waals surface area (Å²) in [6.07, 6.45) is 1.64. The topological polar surface area (TPSA) is 65.2 Å². The molecule has 0 amide bonds. The van der Waals surface area contributed by atoms with Crippen LogP contribution in [0.5, 0.6) is 0 Å². The van der Waals surface area contributed by atoms with Gasteiger partial charge in [-0.3, -0.25) is 4.98 Å². The third kappa shape index (κ3) is 3.68. The van der Waals surface area contributed by atoms with Gasteiger partial charge in [-0.2, -0.15) is 0 Å². The molecule has 0 spiro atoms. The zero-order valence-electron chi connectivity index (χ0n) is 9.77. The van der Waals surface area contributed by atoms with E-state index >= 15 is 0 Å². The van der Waals surface area contributed by atoms with Crippen LogP contribution in [0.15, 0.2) is 41.0 Å². The van der Waals surface area contributed by atoms with Gasteiger partial charge in [-0.05, 0) is 46.3 Å². The summed E-state index contributed by atoms with van der Waals surface area (Å²) < 4.78 is 6.00. The molecule has 98 valence electrons. The molecule has 0 saturated heterocycles. The van der Waals surface area contributed by atoms with Crippen molar-refractivity contribution in [3.63, 3.8) is 0 Å². The molecule has 2 aromatic rings. The third-order valence-corrected chi connectivity index (χ3v) is 3.15. The molecule has 1 heterocycles. The SMILES string of the molecule is Nc1ccc(Cl)c(C(=O)OCc2ccc(Br)cn2)c1. The van der Waals surface area contributed by atoms with Crippen LogP contribution in [-0.4, -0.2) is 11.0 Å². The number of carbonyl (C=O) groups excluding carboxylic acids is 1. The molecule has 6 heteroatoms. The maximum Gasteiger partial charge on any atom is 0.340 e. The first-order valence-corrected chi connectivity index (χ1v) is 6.56. The second kappa shape index (κ2) is 6.04. The van der Waals surface area contributed by atoms with E-state index in [-0.39, 0.29) is 12.2 Å². The smallest absolute Gasteiger partial charge is 0.340 e. The number of pyridine rings is 1. The average molecular weight is 342 g/mol. The molecule has 0 aliphatic heterocycles. The van der Waals surface area contributed by atoms with E-state index in [0.717, 1.165) is 4.47 Å². The van der Waals surface area contributed by atoms with Crippen molar-refractivity contribution in [1.82, 2.24) is 4.98 Å². The van der Waals surface area contributed by atoms with E-state index in [4.69, 9.17) is 22.1 Å². The Balaban J connectivity index is 2.05. The number of nitrogens with two attached hydrogens (primary N) is 1. The van der Waals surface area contributed by atoms with Crippen molar-refractivity contribution < 1.29 is 9.53 Å². The number of carbonyl (C=O) groups is 1. The summed E-state index contributed by atoms with van der Waals surface area (Å²) in [4.78, 5) is 16.0. The Bertz CT molecular complexity index is 602. The van der Waals surface area contributed by atoms with Gasteiger partial charge in [0.2, 0.25) is 0 Å². The van der Waals surface area contributed by atoms with Gasteiger partial charge >= 0.3 is 5.97 Å². The molecular weight excluding hydrogens is 332 g/mol. The van der Waals surface area contributed by atoms with Gasteiger partial charge in [0.1, 0.15) is 6.61 Å². The fraction of sp³-hybridized carbons (Fsp3) is 0.0769. The molecule has 0 unspecified atom stereocenters. The Labute approximate surface area is 123 Å². The highest BCUT2D eigenvalue weighted by Crippen LogP contribution is 2.20. The normalized spacial score (nSPS) is 10.2. The van der Waals surface area contributed by atoms with Crippen molar-refractivity contribution in [1.29, 1.82) is 0 Å². The number of ether oxygens (including phenoxy) is 1. The highest BCUT2D eigenvalue weighted by Gasteiger charge is 2.12. The minimum atomic E-state index is -0.526. The van der Waals surface area contributed by atoms with Crippen molar-refractivity contribution in [3.05, 3.63) is 57.3 Å². The maximum absolute atomic E-state index is 11.9. The van der Waals surface area contributed by atoms with E-state index < -0.39 is 5.97 Å². The summed E-state index contributed by atoms with van der Waals surface area (Å²) in [5.41, 5.74) is 6.96. The number of nitrogen functional groups attached to an aromatic ring is 1. The lowest BCUT2D eigenvalue weighted by molar-refractivity contribution is 0.0468. The number of rotatable bonds is 3. The number of hydrogen-bond acceptors (Lipinski definition) is 4. The summed E-state index contributed by atoms with van der Waals surface area (Å²) in [5.74, 6) is -0.526. The van der Waals surface area contributed by atoms with Crippen molar-refractivity contribution >= 4 is 39.2 Å². The standard InChI is InChI=1S/C13H10BrClN2O2/c14-8-1-3-10(17-6-8)7-19-13(18)11-5-9(16)2-4-12(11)15/h1-6H,7,16H2. The number of anilines is 1. The van der Waals surface area contributed by atoms with Crippen LogP contribution in [0, 0.1) is 0 Å². The Morgan fingerprint density at radius 3 is 2.84 bits per heavy atom. The molecule has 1 aromatic heterocycles. The van der Waals surface area contributed by atoms with Crippen LogP contribution in [0.2, 0.25) is 5.02 Å². The molecule has 0 aliphatic carbocycles. The number of hydrogen-bond donors (Lipinski definition) is 1. The minimum Gasteiger partial charge on any atom is -0.456 e. The van der Waals surface area contributed by atoms with Gasteiger partial charge in [0.05, 0.1) is 16.3 Å². The average Bonchev–Trinajstić information content (AvgIpc) is 2.40. The number of esters is 1. The zero-order valence-corrected chi connectivity index (χ0v) is 12.1. The van der Waals surface area contributed by atoms with Crippen LogP contribution in [0.4, 0.5) is 5.69 Å². The summed E-state index contributed by atoms with van der Waals surface area (Å²) in [7, 11) is 0. The molecule has 0 bridgehead atoms. The summed E-state index contributed by atoms with van der Waals surface area (Å²) in [5, 5.41) is 0.308. The van der Waals surface area contributed by atoms with Crippen LogP contribution < -0.4 is 5.73 Å². The lowest BCUT2D eigenvalue weighted by Crippen LogP contribution is -2.07. The number of benzene rings is 1. The largest absolute Gasteiger partial charge is 0.456 e. The van der Waals surface area contributed by atoms with E-state index in [1.807, 2.05) is 6.07 Å². The first kappa shape index (κ1) is 13.8.